The van der Waals surface area contributed by atoms with E-state index in [1.165, 1.54) is 0 Å². The van der Waals surface area contributed by atoms with Gasteiger partial charge in [-0.1, -0.05) is 6.07 Å². The van der Waals surface area contributed by atoms with Crippen LogP contribution in [0.1, 0.15) is 12.0 Å². The Bertz CT molecular complexity index is 384. The molecule has 0 aromatic heterocycles. The second kappa shape index (κ2) is 5.99. The highest BCUT2D eigenvalue weighted by atomic mass is 16.5. The topological polar surface area (TPSA) is 62.3 Å². The molecule has 0 heterocycles. The molecule has 86 valence electrons. The van der Waals surface area contributed by atoms with Gasteiger partial charge in [-0.05, 0) is 18.6 Å². The van der Waals surface area contributed by atoms with Crippen molar-refractivity contribution in [3.8, 4) is 6.07 Å². The van der Waals surface area contributed by atoms with Gasteiger partial charge in [0.05, 0.1) is 16.9 Å². The van der Waals surface area contributed by atoms with Crippen LogP contribution in [0.3, 0.4) is 0 Å². The van der Waals surface area contributed by atoms with E-state index in [1.54, 1.807) is 13.2 Å². The minimum absolute atomic E-state index is 0.524. The smallest absolute Gasteiger partial charge is 0.101 e. The number of nitrogens with two attached hydrogens (primary N) is 1. The van der Waals surface area contributed by atoms with Gasteiger partial charge >= 0.3 is 0 Å². The van der Waals surface area contributed by atoms with E-state index in [2.05, 4.69) is 6.07 Å². The van der Waals surface area contributed by atoms with Gasteiger partial charge in [0.1, 0.15) is 6.07 Å². The zero-order valence-corrected chi connectivity index (χ0v) is 9.73. The zero-order chi connectivity index (χ0) is 12.0. The number of para-hydroxylation sites is 1. The Morgan fingerprint density at radius 1 is 1.50 bits per heavy atom. The normalized spacial score (nSPS) is 9.81. The molecule has 0 aliphatic carbocycles. The molecular formula is C12H17N3O. The highest BCUT2D eigenvalue weighted by molar-refractivity contribution is 5.73. The van der Waals surface area contributed by atoms with Crippen LogP contribution in [0.15, 0.2) is 18.2 Å². The van der Waals surface area contributed by atoms with Crippen molar-refractivity contribution < 1.29 is 4.74 Å². The fraction of sp³-hybridized carbons (Fsp3) is 0.417. The lowest BCUT2D eigenvalue weighted by molar-refractivity contribution is 0.196. The summed E-state index contributed by atoms with van der Waals surface area (Å²) < 4.78 is 4.99. The average molecular weight is 219 g/mol. The van der Waals surface area contributed by atoms with Crippen molar-refractivity contribution in [1.82, 2.24) is 0 Å². The van der Waals surface area contributed by atoms with Crippen LogP contribution >= 0.6 is 0 Å². The van der Waals surface area contributed by atoms with E-state index in [0.717, 1.165) is 25.3 Å². The molecule has 4 nitrogen and oxygen atoms in total. The monoisotopic (exact) mass is 219 g/mol. The van der Waals surface area contributed by atoms with Crippen molar-refractivity contribution in [2.24, 2.45) is 0 Å². The van der Waals surface area contributed by atoms with Gasteiger partial charge in [-0.2, -0.15) is 5.26 Å². The quantitative estimate of drug-likeness (QED) is 0.603. The Balaban J connectivity index is 2.76. The number of nitrogen functional groups attached to an aromatic ring is 1. The minimum Gasteiger partial charge on any atom is -0.396 e. The van der Waals surface area contributed by atoms with Gasteiger partial charge in [-0.25, -0.2) is 0 Å². The SMILES string of the molecule is COCCCN(C)c1cccc(C#N)c1N. The molecule has 0 aliphatic heterocycles. The fourth-order valence-electron chi connectivity index (χ4n) is 1.55. The Morgan fingerprint density at radius 2 is 2.25 bits per heavy atom. The van der Waals surface area contributed by atoms with Crippen LogP contribution in [-0.2, 0) is 4.74 Å². The molecule has 2 N–H and O–H groups in total. The van der Waals surface area contributed by atoms with Crippen molar-refractivity contribution in [3.63, 3.8) is 0 Å². The number of hydrogen-bond donors (Lipinski definition) is 1. The Labute approximate surface area is 96.2 Å². The van der Waals surface area contributed by atoms with Crippen LogP contribution in [0.4, 0.5) is 11.4 Å². The molecule has 0 aliphatic rings. The molecule has 0 unspecified atom stereocenters. The van der Waals surface area contributed by atoms with Gasteiger partial charge < -0.3 is 15.4 Å². The van der Waals surface area contributed by atoms with E-state index in [0.29, 0.717) is 11.3 Å². The highest BCUT2D eigenvalue weighted by Gasteiger charge is 2.08. The molecular weight excluding hydrogens is 202 g/mol. The summed E-state index contributed by atoms with van der Waals surface area (Å²) in [6.07, 6.45) is 0.934. The maximum Gasteiger partial charge on any atom is 0.101 e. The van der Waals surface area contributed by atoms with Crippen molar-refractivity contribution in [1.29, 1.82) is 5.26 Å². The van der Waals surface area contributed by atoms with Crippen molar-refractivity contribution in [2.75, 3.05) is 37.9 Å². The van der Waals surface area contributed by atoms with E-state index < -0.39 is 0 Å². The number of nitriles is 1. The third kappa shape index (κ3) is 2.88. The first-order valence-electron chi connectivity index (χ1n) is 5.19. The summed E-state index contributed by atoms with van der Waals surface area (Å²) in [5.74, 6) is 0. The van der Waals surface area contributed by atoms with Crippen LogP contribution in [0.2, 0.25) is 0 Å². The second-order valence-electron chi connectivity index (χ2n) is 3.62. The number of anilines is 2. The van der Waals surface area contributed by atoms with E-state index in [9.17, 15) is 0 Å². The Morgan fingerprint density at radius 3 is 2.88 bits per heavy atom. The van der Waals surface area contributed by atoms with Gasteiger partial charge in [-0.15, -0.1) is 0 Å². The van der Waals surface area contributed by atoms with E-state index >= 15 is 0 Å². The summed E-state index contributed by atoms with van der Waals surface area (Å²) in [5, 5.41) is 8.87. The molecule has 0 atom stereocenters. The lowest BCUT2D eigenvalue weighted by Gasteiger charge is -2.21. The van der Waals surface area contributed by atoms with Crippen LogP contribution in [-0.4, -0.2) is 27.3 Å². The fourth-order valence-corrected chi connectivity index (χ4v) is 1.55. The molecule has 16 heavy (non-hydrogen) atoms. The largest absolute Gasteiger partial charge is 0.396 e. The first kappa shape index (κ1) is 12.3. The number of nitrogens with zero attached hydrogens (tertiary/aromatic N) is 2. The lowest BCUT2D eigenvalue weighted by Crippen LogP contribution is -2.21. The first-order chi connectivity index (χ1) is 7.70. The van der Waals surface area contributed by atoms with Gasteiger partial charge in [0.25, 0.3) is 0 Å². The molecule has 0 saturated heterocycles. The molecule has 1 aromatic rings. The maximum absolute atomic E-state index is 8.87. The zero-order valence-electron chi connectivity index (χ0n) is 9.73. The standard InChI is InChI=1S/C12H17N3O/c1-15(7-4-8-16-2)11-6-3-5-10(9-13)12(11)14/h3,5-6H,4,7-8,14H2,1-2H3. The second-order valence-corrected chi connectivity index (χ2v) is 3.62. The van der Waals surface area contributed by atoms with Crippen LogP contribution in [0.5, 0.6) is 0 Å². The van der Waals surface area contributed by atoms with E-state index in [4.69, 9.17) is 15.7 Å². The van der Waals surface area contributed by atoms with Crippen LogP contribution in [0.25, 0.3) is 0 Å². The minimum atomic E-state index is 0.524. The van der Waals surface area contributed by atoms with Crippen LogP contribution < -0.4 is 10.6 Å². The summed E-state index contributed by atoms with van der Waals surface area (Å²) in [6.45, 7) is 1.58. The van der Waals surface area contributed by atoms with Crippen molar-refractivity contribution in [3.05, 3.63) is 23.8 Å². The van der Waals surface area contributed by atoms with Gasteiger partial charge in [0, 0.05) is 27.3 Å². The number of methoxy groups -OCH3 is 1. The predicted octanol–water partition coefficient (Wildman–Crippen LogP) is 1.61. The molecule has 1 rings (SSSR count). The molecule has 0 bridgehead atoms. The van der Waals surface area contributed by atoms with Crippen molar-refractivity contribution in [2.45, 2.75) is 6.42 Å². The first-order valence-corrected chi connectivity index (χ1v) is 5.19. The molecule has 0 fully saturated rings. The van der Waals surface area contributed by atoms with E-state index in [-0.39, 0.29) is 0 Å². The summed E-state index contributed by atoms with van der Waals surface area (Å²) in [4.78, 5) is 2.04. The molecule has 0 radical (unpaired) electrons. The maximum atomic E-state index is 8.87. The Kier molecular flexibility index (Phi) is 4.62. The predicted molar refractivity (Wildman–Crippen MR) is 65.3 cm³/mol. The third-order valence-corrected chi connectivity index (χ3v) is 2.46. The van der Waals surface area contributed by atoms with Crippen LogP contribution in [0, 0.1) is 11.3 Å². The number of hydrogen-bond acceptors (Lipinski definition) is 4. The van der Waals surface area contributed by atoms with E-state index in [1.807, 2.05) is 24.1 Å². The Hall–Kier alpha value is -1.73. The third-order valence-electron chi connectivity index (χ3n) is 2.46. The summed E-state index contributed by atoms with van der Waals surface area (Å²) in [5.41, 5.74) is 7.87. The van der Waals surface area contributed by atoms with Gasteiger partial charge in [0.2, 0.25) is 0 Å². The number of ether oxygens (including phenoxy) is 1. The summed E-state index contributed by atoms with van der Waals surface area (Å²) in [6, 6.07) is 7.57. The molecule has 0 spiro atoms. The van der Waals surface area contributed by atoms with Gasteiger partial charge in [0.15, 0.2) is 0 Å². The summed E-state index contributed by atoms with van der Waals surface area (Å²) >= 11 is 0. The summed E-state index contributed by atoms with van der Waals surface area (Å²) in [7, 11) is 3.65. The molecule has 0 amide bonds. The molecule has 4 heteroatoms. The highest BCUT2D eigenvalue weighted by Crippen LogP contribution is 2.25. The van der Waals surface area contributed by atoms with Crippen molar-refractivity contribution >= 4 is 11.4 Å². The van der Waals surface area contributed by atoms with Gasteiger partial charge in [-0.3, -0.25) is 0 Å². The molecule has 1 aromatic carbocycles. The molecule has 0 saturated carbocycles. The lowest BCUT2D eigenvalue weighted by atomic mass is 10.1. The average Bonchev–Trinajstić information content (AvgIpc) is 2.29. The number of benzene rings is 1. The number of rotatable bonds is 5.